The molecule has 2 rings (SSSR count). The molecule has 2 aromatic rings. The maximum atomic E-state index is 11.5. The number of hydrazine groups is 1. The number of fused-ring (bicyclic) bond motifs is 1. The fraction of sp³-hybridized carbons (Fsp3) is 0.167. The zero-order valence-electron chi connectivity index (χ0n) is 8.37. The Kier molecular flexibility index (Phi) is 2.27. The van der Waals surface area contributed by atoms with Gasteiger partial charge < -0.3 is 4.98 Å². The molecule has 0 aliphatic heterocycles. The molecule has 0 unspecified atom stereocenters. The van der Waals surface area contributed by atoms with E-state index in [0.29, 0.717) is 5.01 Å². The van der Waals surface area contributed by atoms with Gasteiger partial charge in [-0.3, -0.25) is 9.78 Å². The lowest BCUT2D eigenvalue weighted by Gasteiger charge is -2.05. The molecule has 0 atom stereocenters. The summed E-state index contributed by atoms with van der Waals surface area (Å²) < 4.78 is 0. The summed E-state index contributed by atoms with van der Waals surface area (Å²) in [5.74, 6) is -0.615. The van der Waals surface area contributed by atoms with Crippen LogP contribution in [0.25, 0.3) is 11.2 Å². The number of hydrogen-bond acceptors (Lipinski definition) is 7. The maximum absolute atomic E-state index is 11.5. The van der Waals surface area contributed by atoms with Crippen LogP contribution in [0.15, 0.2) is 9.97 Å². The first-order valence-electron chi connectivity index (χ1n) is 4.24. The fourth-order valence-corrected chi connectivity index (χ4v) is 1.16. The number of anilines is 1. The van der Waals surface area contributed by atoms with Gasteiger partial charge in [-0.1, -0.05) is 5.01 Å². The van der Waals surface area contributed by atoms with Gasteiger partial charge in [-0.25, -0.2) is 10.1 Å². The molecule has 2 heterocycles. The number of nitrogens with one attached hydrogen (secondary N) is 2. The maximum Gasteiger partial charge on any atom is 0.278 e. The Bertz CT molecular complexity index is 658. The molecule has 0 fully saturated rings. The SMILES string of the molecule is CN(c1nc2nc(N=O)[nH]c2c(=O)[nH]1)[N+](=O)[O-]. The summed E-state index contributed by atoms with van der Waals surface area (Å²) >= 11 is 0. The van der Waals surface area contributed by atoms with Crippen LogP contribution in [0, 0.1) is 15.0 Å². The van der Waals surface area contributed by atoms with Crippen molar-refractivity contribution in [3.8, 4) is 0 Å². The summed E-state index contributed by atoms with van der Waals surface area (Å²) in [6, 6.07) is 0. The highest BCUT2D eigenvalue weighted by atomic mass is 16.7. The lowest BCUT2D eigenvalue weighted by Crippen LogP contribution is -2.28. The molecule has 88 valence electrons. The zero-order valence-corrected chi connectivity index (χ0v) is 8.37. The molecule has 11 nitrogen and oxygen atoms in total. The molecule has 0 saturated heterocycles. The van der Waals surface area contributed by atoms with E-state index >= 15 is 0 Å². The predicted molar refractivity (Wildman–Crippen MR) is 55.4 cm³/mol. The van der Waals surface area contributed by atoms with Gasteiger partial charge in [-0.15, -0.1) is 4.91 Å². The van der Waals surface area contributed by atoms with Crippen molar-refractivity contribution >= 4 is 23.1 Å². The van der Waals surface area contributed by atoms with Crippen molar-refractivity contribution < 1.29 is 5.03 Å². The number of nitrogens with zero attached hydrogens (tertiary/aromatic N) is 5. The molecule has 0 bridgehead atoms. The highest BCUT2D eigenvalue weighted by molar-refractivity contribution is 5.72. The molecule has 0 radical (unpaired) electrons. The van der Waals surface area contributed by atoms with Crippen molar-refractivity contribution in [1.29, 1.82) is 0 Å². The second-order valence-electron chi connectivity index (χ2n) is 3.00. The van der Waals surface area contributed by atoms with Crippen molar-refractivity contribution in [3.63, 3.8) is 0 Å². The lowest BCUT2D eigenvalue weighted by molar-refractivity contribution is -0.491. The van der Waals surface area contributed by atoms with Crippen LogP contribution >= 0.6 is 0 Å². The van der Waals surface area contributed by atoms with Gasteiger partial charge in [0.25, 0.3) is 17.5 Å². The Morgan fingerprint density at radius 3 is 2.71 bits per heavy atom. The van der Waals surface area contributed by atoms with Crippen LogP contribution in [-0.4, -0.2) is 32.0 Å². The second kappa shape index (κ2) is 3.62. The smallest absolute Gasteiger partial charge is 0.278 e. The van der Waals surface area contributed by atoms with E-state index in [1.165, 1.54) is 0 Å². The average Bonchev–Trinajstić information content (AvgIpc) is 2.71. The molecular weight excluding hydrogens is 234 g/mol. The zero-order chi connectivity index (χ0) is 12.6. The molecule has 17 heavy (non-hydrogen) atoms. The minimum Gasteiger partial charge on any atom is -0.314 e. The van der Waals surface area contributed by atoms with Gasteiger partial charge >= 0.3 is 0 Å². The van der Waals surface area contributed by atoms with Crippen molar-refractivity contribution in [2.24, 2.45) is 5.18 Å². The van der Waals surface area contributed by atoms with E-state index in [2.05, 4.69) is 25.1 Å². The third-order valence-corrected chi connectivity index (χ3v) is 1.97. The highest BCUT2D eigenvalue weighted by Crippen LogP contribution is 2.12. The summed E-state index contributed by atoms with van der Waals surface area (Å²) in [5.41, 5.74) is -0.867. The number of H-pyrrole nitrogens is 2. The third kappa shape index (κ3) is 1.68. The third-order valence-electron chi connectivity index (χ3n) is 1.97. The van der Waals surface area contributed by atoms with Crippen LogP contribution in [0.1, 0.15) is 0 Å². The van der Waals surface area contributed by atoms with E-state index in [9.17, 15) is 19.8 Å². The molecule has 0 spiro atoms. The summed E-state index contributed by atoms with van der Waals surface area (Å²) in [6.45, 7) is 0. The molecule has 0 aromatic carbocycles. The number of rotatable bonds is 3. The number of aromatic amines is 2. The van der Waals surface area contributed by atoms with Crippen LogP contribution in [0.4, 0.5) is 11.9 Å². The monoisotopic (exact) mass is 239 g/mol. The van der Waals surface area contributed by atoms with Crippen molar-refractivity contribution in [2.75, 3.05) is 12.1 Å². The predicted octanol–water partition coefficient (Wildman–Crippen LogP) is -0.328. The second-order valence-corrected chi connectivity index (χ2v) is 3.00. The van der Waals surface area contributed by atoms with Crippen LogP contribution < -0.4 is 10.6 Å². The van der Waals surface area contributed by atoms with Crippen molar-refractivity contribution in [1.82, 2.24) is 19.9 Å². The van der Waals surface area contributed by atoms with E-state index in [4.69, 9.17) is 0 Å². The first-order chi connectivity index (χ1) is 8.02. The largest absolute Gasteiger partial charge is 0.314 e. The molecule has 0 aliphatic rings. The molecular formula is C6H5N7O4. The molecule has 0 saturated carbocycles. The Morgan fingerprint density at radius 1 is 1.41 bits per heavy atom. The van der Waals surface area contributed by atoms with E-state index in [1.54, 1.807) is 0 Å². The number of hydrogen-bond donors (Lipinski definition) is 2. The fourth-order valence-electron chi connectivity index (χ4n) is 1.16. The standard InChI is InChI=1S/C6H5N7O4/c1-12(13(16)17)6-9-3-2(4(14)10-6)7-5(8-3)11-15/h1H3,(H2,7,8,9,10,14). The van der Waals surface area contributed by atoms with Gasteiger partial charge in [0.2, 0.25) is 0 Å². The average molecular weight is 239 g/mol. The van der Waals surface area contributed by atoms with Crippen LogP contribution in [0.2, 0.25) is 0 Å². The van der Waals surface area contributed by atoms with Gasteiger partial charge in [-0.2, -0.15) is 9.97 Å². The van der Waals surface area contributed by atoms with Gasteiger partial charge in [-0.05, 0) is 0 Å². The van der Waals surface area contributed by atoms with E-state index in [-0.39, 0.29) is 23.1 Å². The van der Waals surface area contributed by atoms with E-state index in [0.717, 1.165) is 7.05 Å². The molecule has 0 aliphatic carbocycles. The van der Waals surface area contributed by atoms with Crippen molar-refractivity contribution in [2.45, 2.75) is 0 Å². The molecule has 11 heteroatoms. The number of aromatic nitrogens is 4. The quantitative estimate of drug-likeness (QED) is 0.422. The van der Waals surface area contributed by atoms with Crippen molar-refractivity contribution in [3.05, 3.63) is 25.4 Å². The summed E-state index contributed by atoms with van der Waals surface area (Å²) in [4.78, 5) is 44.0. The number of nitro groups is 1. The summed E-state index contributed by atoms with van der Waals surface area (Å²) in [7, 11) is 1.11. The minimum absolute atomic E-state index is 0.0694. The Morgan fingerprint density at radius 2 is 2.12 bits per heavy atom. The van der Waals surface area contributed by atoms with Gasteiger partial charge in [0.1, 0.15) is 0 Å². The first kappa shape index (κ1) is 10.7. The summed E-state index contributed by atoms with van der Waals surface area (Å²) in [6.07, 6.45) is 0. The van der Waals surface area contributed by atoms with E-state index < -0.39 is 10.6 Å². The van der Waals surface area contributed by atoms with E-state index in [1.807, 2.05) is 0 Å². The summed E-state index contributed by atoms with van der Waals surface area (Å²) in [5, 5.41) is 12.7. The normalized spacial score (nSPS) is 10.4. The topological polar surface area (TPSA) is 150 Å². The molecule has 0 amide bonds. The Hall–Kier alpha value is -2.85. The Labute approximate surface area is 91.6 Å². The highest BCUT2D eigenvalue weighted by Gasteiger charge is 2.17. The molecule has 2 aromatic heterocycles. The minimum atomic E-state index is -0.768. The first-order valence-corrected chi connectivity index (χ1v) is 4.24. The van der Waals surface area contributed by atoms with Gasteiger partial charge in [0.15, 0.2) is 16.2 Å². The number of imidazole rings is 1. The van der Waals surface area contributed by atoms with Crippen LogP contribution in [0.3, 0.4) is 0 Å². The Balaban J connectivity index is 2.66. The number of nitroso groups, excluding NO2 is 1. The van der Waals surface area contributed by atoms with Gasteiger partial charge in [0, 0.05) is 5.18 Å². The van der Waals surface area contributed by atoms with Crippen LogP contribution in [0.5, 0.6) is 0 Å². The van der Waals surface area contributed by atoms with Crippen LogP contribution in [-0.2, 0) is 0 Å². The lowest BCUT2D eigenvalue weighted by atomic mass is 10.5. The van der Waals surface area contributed by atoms with Gasteiger partial charge in [0.05, 0.1) is 7.05 Å². The molecule has 2 N–H and O–H groups in total.